The minimum Gasteiger partial charge on any atom is -0.481 e. The van der Waals surface area contributed by atoms with Crippen molar-refractivity contribution in [3.05, 3.63) is 53.7 Å². The monoisotopic (exact) mass is 267 g/mol. The average Bonchev–Trinajstić information content (AvgIpc) is 2.49. The molecule has 0 aliphatic carbocycles. The van der Waals surface area contributed by atoms with Crippen LogP contribution < -0.4 is 10.1 Å². The van der Waals surface area contributed by atoms with Gasteiger partial charge in [0.05, 0.1) is 37.0 Å². The Balaban J connectivity index is 1.95. The molecule has 1 aromatic heterocycles. The fraction of sp³-hybridized carbons (Fsp3) is 0.133. The summed E-state index contributed by atoms with van der Waals surface area (Å²) in [5.41, 5.74) is 2.04. The van der Waals surface area contributed by atoms with Crippen LogP contribution in [0.2, 0.25) is 0 Å². The van der Waals surface area contributed by atoms with Crippen molar-refractivity contribution in [3.8, 4) is 11.9 Å². The first-order chi connectivity index (χ1) is 9.71. The first kappa shape index (κ1) is 13.6. The van der Waals surface area contributed by atoms with E-state index in [2.05, 4.69) is 10.3 Å². The molecule has 5 nitrogen and oxygen atoms in total. The zero-order valence-electron chi connectivity index (χ0n) is 11.0. The Morgan fingerprint density at radius 3 is 2.60 bits per heavy atom. The third kappa shape index (κ3) is 3.56. The number of benzene rings is 1. The number of amides is 1. The molecule has 2 aromatic rings. The fourth-order valence-electron chi connectivity index (χ4n) is 1.66. The number of nitrogens with zero attached hydrogens (tertiary/aromatic N) is 2. The van der Waals surface area contributed by atoms with E-state index in [4.69, 9.17) is 10.00 Å². The maximum atomic E-state index is 11.9. The zero-order chi connectivity index (χ0) is 14.4. The van der Waals surface area contributed by atoms with E-state index in [-0.39, 0.29) is 12.3 Å². The molecule has 1 N–H and O–H groups in total. The van der Waals surface area contributed by atoms with E-state index in [0.717, 1.165) is 5.56 Å². The van der Waals surface area contributed by atoms with Gasteiger partial charge in [0.2, 0.25) is 11.8 Å². The minimum absolute atomic E-state index is 0.137. The summed E-state index contributed by atoms with van der Waals surface area (Å²) in [6, 6.07) is 12.4. The molecule has 20 heavy (non-hydrogen) atoms. The van der Waals surface area contributed by atoms with E-state index in [0.29, 0.717) is 17.1 Å². The topological polar surface area (TPSA) is 75.0 Å². The van der Waals surface area contributed by atoms with Crippen molar-refractivity contribution in [2.75, 3.05) is 12.4 Å². The lowest BCUT2D eigenvalue weighted by atomic mass is 10.1. The second-order valence-corrected chi connectivity index (χ2v) is 4.12. The molecule has 0 atom stereocenters. The number of aromatic nitrogens is 1. The zero-order valence-corrected chi connectivity index (χ0v) is 11.0. The summed E-state index contributed by atoms with van der Waals surface area (Å²) in [6.07, 6.45) is 1.78. The van der Waals surface area contributed by atoms with Crippen molar-refractivity contribution in [1.29, 1.82) is 5.26 Å². The van der Waals surface area contributed by atoms with Crippen LogP contribution in [0.3, 0.4) is 0 Å². The molecular weight excluding hydrogens is 254 g/mol. The number of nitriles is 1. The summed E-state index contributed by atoms with van der Waals surface area (Å²) in [7, 11) is 1.53. The van der Waals surface area contributed by atoms with Crippen molar-refractivity contribution >= 4 is 11.6 Å². The van der Waals surface area contributed by atoms with Gasteiger partial charge < -0.3 is 10.1 Å². The van der Waals surface area contributed by atoms with Gasteiger partial charge in [0, 0.05) is 6.07 Å². The number of rotatable bonds is 4. The SMILES string of the molecule is COc1ccc(NC(=O)Cc2ccc(C#N)cc2)cn1. The summed E-state index contributed by atoms with van der Waals surface area (Å²) >= 11 is 0. The summed E-state index contributed by atoms with van der Waals surface area (Å²) in [4.78, 5) is 15.9. The van der Waals surface area contributed by atoms with E-state index in [1.165, 1.54) is 13.3 Å². The third-order valence-electron chi connectivity index (χ3n) is 2.68. The van der Waals surface area contributed by atoms with E-state index in [9.17, 15) is 4.79 Å². The van der Waals surface area contributed by atoms with Crippen molar-refractivity contribution in [2.24, 2.45) is 0 Å². The lowest BCUT2D eigenvalue weighted by molar-refractivity contribution is -0.115. The second kappa shape index (κ2) is 6.34. The molecule has 0 unspecified atom stereocenters. The van der Waals surface area contributed by atoms with Gasteiger partial charge in [-0.3, -0.25) is 4.79 Å². The lowest BCUT2D eigenvalue weighted by Crippen LogP contribution is -2.14. The van der Waals surface area contributed by atoms with Gasteiger partial charge in [0.15, 0.2) is 0 Å². The predicted octanol–water partition coefficient (Wildman–Crippen LogP) is 2.14. The van der Waals surface area contributed by atoms with Gasteiger partial charge in [0.1, 0.15) is 0 Å². The predicted molar refractivity (Wildman–Crippen MR) is 74.3 cm³/mol. The van der Waals surface area contributed by atoms with Crippen molar-refractivity contribution < 1.29 is 9.53 Å². The molecule has 0 saturated heterocycles. The van der Waals surface area contributed by atoms with E-state index >= 15 is 0 Å². The smallest absolute Gasteiger partial charge is 0.228 e. The molecule has 1 aromatic carbocycles. The molecule has 100 valence electrons. The minimum atomic E-state index is -0.137. The van der Waals surface area contributed by atoms with E-state index in [1.807, 2.05) is 6.07 Å². The van der Waals surface area contributed by atoms with Gasteiger partial charge in [-0.25, -0.2) is 4.98 Å². The number of carbonyl (C=O) groups is 1. The molecule has 0 bridgehead atoms. The van der Waals surface area contributed by atoms with Gasteiger partial charge in [-0.2, -0.15) is 5.26 Å². The van der Waals surface area contributed by atoms with Crippen LogP contribution in [-0.2, 0) is 11.2 Å². The molecule has 1 amide bonds. The number of hydrogen-bond donors (Lipinski definition) is 1. The molecule has 5 heteroatoms. The normalized spacial score (nSPS) is 9.60. The number of methoxy groups -OCH3 is 1. The Bertz CT molecular complexity index is 628. The molecule has 0 fully saturated rings. The summed E-state index contributed by atoms with van der Waals surface area (Å²) < 4.78 is 4.94. The van der Waals surface area contributed by atoms with Crippen LogP contribution in [0.15, 0.2) is 42.6 Å². The van der Waals surface area contributed by atoms with Gasteiger partial charge in [-0.05, 0) is 23.8 Å². The largest absolute Gasteiger partial charge is 0.481 e. The fourth-order valence-corrected chi connectivity index (χ4v) is 1.66. The highest BCUT2D eigenvalue weighted by atomic mass is 16.5. The standard InChI is InChI=1S/C15H13N3O2/c1-20-15-7-6-13(10-17-15)18-14(19)8-11-2-4-12(9-16)5-3-11/h2-7,10H,8H2,1H3,(H,18,19). The number of carbonyl (C=O) groups excluding carboxylic acids is 1. The number of hydrogen-bond acceptors (Lipinski definition) is 4. The number of nitrogens with one attached hydrogen (secondary N) is 1. The highest BCUT2D eigenvalue weighted by Crippen LogP contribution is 2.12. The van der Waals surface area contributed by atoms with E-state index < -0.39 is 0 Å². The van der Waals surface area contributed by atoms with Crippen LogP contribution in [0.5, 0.6) is 5.88 Å². The van der Waals surface area contributed by atoms with Gasteiger partial charge in [0.25, 0.3) is 0 Å². The molecule has 0 spiro atoms. The molecule has 0 saturated carbocycles. The van der Waals surface area contributed by atoms with Crippen LogP contribution in [0.4, 0.5) is 5.69 Å². The van der Waals surface area contributed by atoms with Crippen molar-refractivity contribution in [1.82, 2.24) is 4.98 Å². The van der Waals surface area contributed by atoms with Crippen LogP contribution in [0.25, 0.3) is 0 Å². The van der Waals surface area contributed by atoms with Crippen LogP contribution >= 0.6 is 0 Å². The van der Waals surface area contributed by atoms with Gasteiger partial charge in [-0.15, -0.1) is 0 Å². The Morgan fingerprint density at radius 2 is 2.05 bits per heavy atom. The lowest BCUT2D eigenvalue weighted by Gasteiger charge is -2.05. The van der Waals surface area contributed by atoms with Crippen molar-refractivity contribution in [3.63, 3.8) is 0 Å². The van der Waals surface area contributed by atoms with E-state index in [1.54, 1.807) is 36.4 Å². The van der Waals surface area contributed by atoms with Crippen LogP contribution in [0, 0.1) is 11.3 Å². The van der Waals surface area contributed by atoms with Gasteiger partial charge in [-0.1, -0.05) is 12.1 Å². The molecule has 2 rings (SSSR count). The summed E-state index contributed by atoms with van der Waals surface area (Å²) in [5, 5.41) is 11.4. The Labute approximate surface area is 116 Å². The second-order valence-electron chi connectivity index (χ2n) is 4.12. The maximum Gasteiger partial charge on any atom is 0.228 e. The Hall–Kier alpha value is -2.87. The number of ether oxygens (including phenoxy) is 1. The molecule has 1 heterocycles. The molecule has 0 aliphatic rings. The highest BCUT2D eigenvalue weighted by molar-refractivity contribution is 5.92. The first-order valence-electron chi connectivity index (χ1n) is 6.00. The van der Waals surface area contributed by atoms with Crippen LogP contribution in [0.1, 0.15) is 11.1 Å². The Morgan fingerprint density at radius 1 is 1.30 bits per heavy atom. The molecule has 0 aliphatic heterocycles. The number of pyridine rings is 1. The molecule has 0 radical (unpaired) electrons. The average molecular weight is 267 g/mol. The maximum absolute atomic E-state index is 11.9. The third-order valence-corrected chi connectivity index (χ3v) is 2.68. The summed E-state index contributed by atoms with van der Waals surface area (Å²) in [5.74, 6) is 0.358. The van der Waals surface area contributed by atoms with Gasteiger partial charge >= 0.3 is 0 Å². The molecular formula is C15H13N3O2. The highest BCUT2D eigenvalue weighted by Gasteiger charge is 2.05. The Kier molecular flexibility index (Phi) is 4.30. The number of anilines is 1. The summed E-state index contributed by atoms with van der Waals surface area (Å²) in [6.45, 7) is 0. The first-order valence-corrected chi connectivity index (χ1v) is 6.00. The van der Waals surface area contributed by atoms with Crippen LogP contribution in [-0.4, -0.2) is 18.0 Å². The van der Waals surface area contributed by atoms with Crippen molar-refractivity contribution in [2.45, 2.75) is 6.42 Å². The quantitative estimate of drug-likeness (QED) is 0.920.